The number of nitro benzene ring substituents is 1. The summed E-state index contributed by atoms with van der Waals surface area (Å²) in [4.78, 5) is 22.2. The molecule has 2 heterocycles. The zero-order chi connectivity index (χ0) is 18.7. The van der Waals surface area contributed by atoms with E-state index in [0.717, 1.165) is 16.8 Å². The summed E-state index contributed by atoms with van der Waals surface area (Å²) >= 11 is 0. The van der Waals surface area contributed by atoms with Gasteiger partial charge in [0.1, 0.15) is 11.5 Å². The molecule has 0 atom stereocenters. The van der Waals surface area contributed by atoms with Gasteiger partial charge in [-0.3, -0.25) is 20.0 Å². The molecule has 1 amide bonds. The molecule has 0 fully saturated rings. The van der Waals surface area contributed by atoms with Crippen LogP contribution in [0.4, 0.5) is 5.69 Å². The minimum absolute atomic E-state index is 0.0240. The third-order valence-electron chi connectivity index (χ3n) is 3.61. The minimum atomic E-state index is -0.444. The largest absolute Gasteiger partial charge is 0.455 e. The Morgan fingerprint density at radius 1 is 1.31 bits per heavy atom. The van der Waals surface area contributed by atoms with Crippen LogP contribution < -0.4 is 5.43 Å². The molecule has 1 aromatic carbocycles. The standard InChI is InChI=1S/C17H15N5O4/c1-10-7-12(22(24)25)3-5-14(10)16-6-4-13(26-16)9-18-21-17(23)15-8-11(2)19-20-15/h3-9H,1-2H3,(H,19,20)(H,21,23)/b18-9+. The van der Waals surface area contributed by atoms with Crippen molar-refractivity contribution < 1.29 is 14.1 Å². The molecule has 0 aliphatic heterocycles. The SMILES string of the molecule is Cc1cc(C(=O)N/N=C/c2ccc(-c3ccc([N+](=O)[O-])cc3C)o2)n[nH]1. The van der Waals surface area contributed by atoms with Crippen LogP contribution in [0.3, 0.4) is 0 Å². The predicted octanol–water partition coefficient (Wildman–Crippen LogP) is 2.96. The molecule has 0 saturated heterocycles. The molecule has 2 aromatic heterocycles. The van der Waals surface area contributed by atoms with Crippen LogP contribution in [0, 0.1) is 24.0 Å². The second-order valence-electron chi connectivity index (χ2n) is 5.59. The number of amides is 1. The Kier molecular flexibility index (Phi) is 4.61. The lowest BCUT2D eigenvalue weighted by molar-refractivity contribution is -0.384. The number of aryl methyl sites for hydroxylation is 2. The Hall–Kier alpha value is -3.75. The molecule has 26 heavy (non-hydrogen) atoms. The highest BCUT2D eigenvalue weighted by atomic mass is 16.6. The highest BCUT2D eigenvalue weighted by Gasteiger charge is 2.12. The Morgan fingerprint density at radius 3 is 2.77 bits per heavy atom. The van der Waals surface area contributed by atoms with Crippen LogP contribution in [-0.2, 0) is 0 Å². The lowest BCUT2D eigenvalue weighted by atomic mass is 10.1. The van der Waals surface area contributed by atoms with Gasteiger partial charge in [-0.2, -0.15) is 10.2 Å². The van der Waals surface area contributed by atoms with Crippen molar-refractivity contribution in [2.45, 2.75) is 13.8 Å². The summed E-state index contributed by atoms with van der Waals surface area (Å²) in [6.45, 7) is 3.56. The van der Waals surface area contributed by atoms with E-state index < -0.39 is 10.8 Å². The van der Waals surface area contributed by atoms with Gasteiger partial charge < -0.3 is 4.42 Å². The summed E-state index contributed by atoms with van der Waals surface area (Å²) in [6.07, 6.45) is 1.36. The summed E-state index contributed by atoms with van der Waals surface area (Å²) < 4.78 is 5.65. The van der Waals surface area contributed by atoms with E-state index in [1.807, 2.05) is 0 Å². The Labute approximate surface area is 147 Å². The van der Waals surface area contributed by atoms with E-state index in [0.29, 0.717) is 11.5 Å². The van der Waals surface area contributed by atoms with Gasteiger partial charge in [0.2, 0.25) is 0 Å². The topological polar surface area (TPSA) is 126 Å². The first kappa shape index (κ1) is 17.1. The number of nitro groups is 1. The summed E-state index contributed by atoms with van der Waals surface area (Å²) in [6, 6.07) is 9.56. The van der Waals surface area contributed by atoms with Crippen molar-refractivity contribution in [1.29, 1.82) is 0 Å². The van der Waals surface area contributed by atoms with E-state index >= 15 is 0 Å². The number of hydrogen-bond acceptors (Lipinski definition) is 6. The molecule has 0 radical (unpaired) electrons. The van der Waals surface area contributed by atoms with Crippen LogP contribution in [0.15, 0.2) is 45.9 Å². The molecule has 3 aromatic rings. The van der Waals surface area contributed by atoms with E-state index in [1.165, 1.54) is 18.3 Å². The molecule has 9 nitrogen and oxygen atoms in total. The highest BCUT2D eigenvalue weighted by Crippen LogP contribution is 2.28. The summed E-state index contributed by atoms with van der Waals surface area (Å²) in [5.41, 5.74) is 4.85. The van der Waals surface area contributed by atoms with Gasteiger partial charge in [-0.25, -0.2) is 5.43 Å². The van der Waals surface area contributed by atoms with E-state index in [2.05, 4.69) is 20.7 Å². The molecule has 9 heteroatoms. The van der Waals surface area contributed by atoms with E-state index in [4.69, 9.17) is 4.42 Å². The van der Waals surface area contributed by atoms with Gasteiger partial charge in [0.25, 0.3) is 11.6 Å². The quantitative estimate of drug-likeness (QED) is 0.414. The average molecular weight is 353 g/mol. The van der Waals surface area contributed by atoms with Crippen LogP contribution >= 0.6 is 0 Å². The Balaban J connectivity index is 1.70. The number of benzene rings is 1. The number of carbonyl (C=O) groups excluding carboxylic acids is 1. The van der Waals surface area contributed by atoms with Crippen molar-refractivity contribution in [2.75, 3.05) is 0 Å². The second-order valence-corrected chi connectivity index (χ2v) is 5.59. The number of hydrazone groups is 1. The molecule has 0 spiro atoms. The van der Waals surface area contributed by atoms with Crippen molar-refractivity contribution in [3.05, 3.63) is 69.2 Å². The third-order valence-corrected chi connectivity index (χ3v) is 3.61. The van der Waals surface area contributed by atoms with Gasteiger partial charge >= 0.3 is 0 Å². The van der Waals surface area contributed by atoms with E-state index in [9.17, 15) is 14.9 Å². The fourth-order valence-electron chi connectivity index (χ4n) is 2.35. The van der Waals surface area contributed by atoms with Crippen molar-refractivity contribution in [1.82, 2.24) is 15.6 Å². The Morgan fingerprint density at radius 2 is 2.12 bits per heavy atom. The first-order valence-electron chi connectivity index (χ1n) is 7.64. The van der Waals surface area contributed by atoms with Crippen LogP contribution in [0.25, 0.3) is 11.3 Å². The lowest BCUT2D eigenvalue weighted by Gasteiger charge is -2.02. The van der Waals surface area contributed by atoms with Crippen molar-refractivity contribution in [3.63, 3.8) is 0 Å². The maximum absolute atomic E-state index is 11.8. The molecular weight excluding hydrogens is 338 g/mol. The Bertz CT molecular complexity index is 1000. The van der Waals surface area contributed by atoms with Crippen molar-refractivity contribution in [2.24, 2.45) is 5.10 Å². The number of carbonyl (C=O) groups is 1. The fourth-order valence-corrected chi connectivity index (χ4v) is 2.35. The molecule has 0 saturated carbocycles. The molecule has 3 rings (SSSR count). The fraction of sp³-hybridized carbons (Fsp3) is 0.118. The molecule has 0 bridgehead atoms. The maximum atomic E-state index is 11.8. The van der Waals surface area contributed by atoms with Gasteiger partial charge in [-0.1, -0.05) is 0 Å². The summed E-state index contributed by atoms with van der Waals surface area (Å²) in [5, 5.41) is 21.1. The zero-order valence-corrected chi connectivity index (χ0v) is 14.0. The van der Waals surface area contributed by atoms with Crippen molar-refractivity contribution in [3.8, 4) is 11.3 Å². The number of aromatic amines is 1. The van der Waals surface area contributed by atoms with Gasteiger partial charge in [-0.05, 0) is 43.7 Å². The van der Waals surface area contributed by atoms with Crippen LogP contribution in [0.1, 0.15) is 27.5 Å². The number of nitrogens with zero attached hydrogens (tertiary/aromatic N) is 3. The number of rotatable bonds is 5. The molecule has 0 unspecified atom stereocenters. The first-order chi connectivity index (χ1) is 12.4. The van der Waals surface area contributed by atoms with Gasteiger partial charge in [0.15, 0.2) is 5.69 Å². The molecule has 0 aliphatic carbocycles. The number of non-ortho nitro benzene ring substituents is 1. The normalized spacial score (nSPS) is 11.0. The smallest absolute Gasteiger partial charge is 0.291 e. The number of nitrogens with one attached hydrogen (secondary N) is 2. The van der Waals surface area contributed by atoms with Crippen LogP contribution in [0.2, 0.25) is 0 Å². The van der Waals surface area contributed by atoms with E-state index in [-0.39, 0.29) is 11.4 Å². The minimum Gasteiger partial charge on any atom is -0.455 e. The molecule has 132 valence electrons. The zero-order valence-electron chi connectivity index (χ0n) is 14.0. The van der Waals surface area contributed by atoms with Gasteiger partial charge in [0, 0.05) is 23.4 Å². The monoisotopic (exact) mass is 353 g/mol. The second kappa shape index (κ2) is 7.01. The van der Waals surface area contributed by atoms with E-state index in [1.54, 1.807) is 38.1 Å². The molecule has 2 N–H and O–H groups in total. The lowest BCUT2D eigenvalue weighted by Crippen LogP contribution is -2.17. The van der Waals surface area contributed by atoms with Crippen LogP contribution in [-0.4, -0.2) is 27.2 Å². The number of furan rings is 1. The van der Waals surface area contributed by atoms with Crippen molar-refractivity contribution >= 4 is 17.8 Å². The van der Waals surface area contributed by atoms with Crippen LogP contribution in [0.5, 0.6) is 0 Å². The van der Waals surface area contributed by atoms with Gasteiger partial charge in [0.05, 0.1) is 11.1 Å². The van der Waals surface area contributed by atoms with Gasteiger partial charge in [-0.15, -0.1) is 0 Å². The molecule has 0 aliphatic rings. The average Bonchev–Trinajstić information content (AvgIpc) is 3.24. The first-order valence-corrected chi connectivity index (χ1v) is 7.64. The third kappa shape index (κ3) is 3.66. The number of hydrogen-bond donors (Lipinski definition) is 2. The predicted molar refractivity (Wildman–Crippen MR) is 93.9 cm³/mol. The number of H-pyrrole nitrogens is 1. The highest BCUT2D eigenvalue weighted by molar-refractivity contribution is 5.93. The summed E-state index contributed by atoms with van der Waals surface area (Å²) in [7, 11) is 0. The maximum Gasteiger partial charge on any atom is 0.291 e. The summed E-state index contributed by atoms with van der Waals surface area (Å²) in [5.74, 6) is 0.535. The molecular formula is C17H15N5O4. The number of aromatic nitrogens is 2.